The van der Waals surface area contributed by atoms with Gasteiger partial charge >= 0.3 is 10.9 Å². The molecule has 1 saturated heterocycles. The number of amides is 5. The molecule has 17 heteroatoms. The first-order valence-electron chi connectivity index (χ1n) is 12.3. The number of hydrogen-bond donors (Lipinski definition) is 4. The normalized spacial score (nSPS) is 19.8. The Morgan fingerprint density at radius 2 is 1.79 bits per heavy atom. The molecule has 0 bridgehead atoms. The fourth-order valence-corrected chi connectivity index (χ4v) is 8.19. The molecule has 0 aliphatic carbocycles. The molecule has 6 N–H and O–H groups in total. The minimum Gasteiger partial charge on any atom is -0.504 e. The number of carbonyl (C=O) groups excluding carboxylic acids is 4. The highest BCUT2D eigenvalue weighted by atomic mass is 32.2. The van der Waals surface area contributed by atoms with Gasteiger partial charge in [-0.1, -0.05) is 29.2 Å². The van der Waals surface area contributed by atoms with Crippen LogP contribution in [0.15, 0.2) is 57.2 Å². The van der Waals surface area contributed by atoms with Crippen molar-refractivity contribution in [3.05, 3.63) is 62.6 Å². The van der Waals surface area contributed by atoms with E-state index in [4.69, 9.17) is 15.6 Å². The second kappa shape index (κ2) is 10.9. The van der Waals surface area contributed by atoms with E-state index in [1.54, 1.807) is 6.92 Å². The molecule has 14 nitrogen and oxygen atoms in total. The van der Waals surface area contributed by atoms with Gasteiger partial charge in [-0.15, -0.1) is 0 Å². The largest absolute Gasteiger partial charge is 0.504 e. The second-order valence-corrected chi connectivity index (χ2v) is 13.0. The number of carbonyl (C=O) groups is 4. The number of rotatable bonds is 7. The summed E-state index contributed by atoms with van der Waals surface area (Å²) in [6.45, 7) is 1.47. The van der Waals surface area contributed by atoms with E-state index in [2.05, 4.69) is 5.32 Å². The number of likely N-dealkylation sites (tertiary alicyclic amines) is 1. The molecule has 42 heavy (non-hydrogen) atoms. The molecule has 1 aromatic heterocycles. The van der Waals surface area contributed by atoms with Crippen LogP contribution in [-0.4, -0.2) is 58.6 Å². The number of nitrogens with zero attached hydrogens (tertiary/aromatic N) is 2. The van der Waals surface area contributed by atoms with Gasteiger partial charge in [-0.25, -0.2) is 18.4 Å². The van der Waals surface area contributed by atoms with Crippen molar-refractivity contribution < 1.29 is 37.4 Å². The molecule has 2 aliphatic heterocycles. The number of aromatic nitrogens is 1. The lowest BCUT2D eigenvalue weighted by Gasteiger charge is -2.31. The van der Waals surface area contributed by atoms with E-state index in [9.17, 15) is 37.5 Å². The highest BCUT2D eigenvalue weighted by Crippen LogP contribution is 2.53. The number of nitrogens with two attached hydrogens (primary N) is 2. The van der Waals surface area contributed by atoms with Crippen molar-refractivity contribution in [3.8, 4) is 11.5 Å². The number of nitrogens with one attached hydrogen (secondary N) is 1. The van der Waals surface area contributed by atoms with Crippen molar-refractivity contribution in [2.45, 2.75) is 34.6 Å². The number of anilines is 1. The average Bonchev–Trinajstić information content (AvgIpc) is 3.36. The number of urea groups is 1. The van der Waals surface area contributed by atoms with Crippen LogP contribution < -0.4 is 25.8 Å². The molecule has 0 spiro atoms. The summed E-state index contributed by atoms with van der Waals surface area (Å²) in [5.41, 5.74) is 6.03. The van der Waals surface area contributed by atoms with Gasteiger partial charge in [0.1, 0.15) is 11.8 Å². The standard InChI is InChI=1S/C25H23N5O9S3/c1-2-39-15-9-11(3-8-14(15)31)17-18-19(22(34)30(21(18)33)24(26)35)40-23-20(17)41-25(36)29(23)10-16(32)28-12-4-6-13(7-5-12)42(27,37)38/h3-9,17-19,31H,2,10H2,1H3,(H2,26,35)(H,28,32)(H2,27,37,38). The Balaban J connectivity index is 1.54. The van der Waals surface area contributed by atoms with Gasteiger partial charge in [-0.2, -0.15) is 4.90 Å². The van der Waals surface area contributed by atoms with Crippen molar-refractivity contribution in [1.82, 2.24) is 9.47 Å². The molecule has 3 aromatic rings. The summed E-state index contributed by atoms with van der Waals surface area (Å²) in [5, 5.41) is 17.0. The fraction of sp³-hybridized carbons (Fsp3) is 0.240. The number of phenols is 1. The molecule has 0 saturated carbocycles. The fourth-order valence-electron chi connectivity index (χ4n) is 4.90. The number of fused-ring (bicyclic) bond motifs is 2. The molecule has 5 rings (SSSR count). The maximum atomic E-state index is 13.3. The van der Waals surface area contributed by atoms with Crippen LogP contribution in [0, 0.1) is 5.92 Å². The Morgan fingerprint density at radius 1 is 1.10 bits per heavy atom. The SMILES string of the molecule is CCOc1cc(C2c3sc(=O)n(CC(=O)Nc4ccc(S(N)(=O)=O)cc4)c3SC3C(=O)N(C(N)=O)C(=O)C32)ccc1O. The Bertz CT molecular complexity index is 1800. The van der Waals surface area contributed by atoms with Crippen molar-refractivity contribution >= 4 is 62.6 Å². The van der Waals surface area contributed by atoms with E-state index in [1.807, 2.05) is 0 Å². The smallest absolute Gasteiger partial charge is 0.328 e. The van der Waals surface area contributed by atoms with Gasteiger partial charge in [0.2, 0.25) is 21.8 Å². The van der Waals surface area contributed by atoms with Crippen LogP contribution in [0.1, 0.15) is 23.3 Å². The van der Waals surface area contributed by atoms with Gasteiger partial charge in [0.25, 0.3) is 5.91 Å². The number of primary sulfonamides is 1. The van der Waals surface area contributed by atoms with Crippen molar-refractivity contribution in [3.63, 3.8) is 0 Å². The molecule has 2 aromatic carbocycles. The van der Waals surface area contributed by atoms with Gasteiger partial charge in [0.15, 0.2) is 11.5 Å². The molecule has 220 valence electrons. The van der Waals surface area contributed by atoms with Gasteiger partial charge in [-0.3, -0.25) is 23.7 Å². The van der Waals surface area contributed by atoms with E-state index in [1.165, 1.54) is 42.5 Å². The van der Waals surface area contributed by atoms with Crippen LogP contribution in [0.5, 0.6) is 11.5 Å². The second-order valence-electron chi connectivity index (χ2n) is 9.29. The van der Waals surface area contributed by atoms with Gasteiger partial charge < -0.3 is 20.9 Å². The number of ether oxygens (including phenoxy) is 1. The quantitative estimate of drug-likeness (QED) is 0.270. The summed E-state index contributed by atoms with van der Waals surface area (Å²) in [6.07, 6.45) is 0. The number of sulfonamides is 1. The lowest BCUT2D eigenvalue weighted by Crippen LogP contribution is -2.41. The lowest BCUT2D eigenvalue weighted by molar-refractivity contribution is -0.135. The predicted octanol–water partition coefficient (Wildman–Crippen LogP) is 0.970. The number of benzene rings is 2. The van der Waals surface area contributed by atoms with Crippen LogP contribution in [0.4, 0.5) is 10.5 Å². The summed E-state index contributed by atoms with van der Waals surface area (Å²) < 4.78 is 29.6. The number of aromatic hydroxyl groups is 1. The lowest BCUT2D eigenvalue weighted by atomic mass is 9.83. The molecule has 5 amide bonds. The van der Waals surface area contributed by atoms with Crippen molar-refractivity contribution in [1.29, 1.82) is 0 Å². The topological polar surface area (TPSA) is 221 Å². The Morgan fingerprint density at radius 3 is 2.40 bits per heavy atom. The van der Waals surface area contributed by atoms with E-state index < -0.39 is 62.3 Å². The number of thiazole rings is 1. The summed E-state index contributed by atoms with van der Waals surface area (Å²) >= 11 is 1.67. The first kappa shape index (κ1) is 29.3. The van der Waals surface area contributed by atoms with Gasteiger partial charge in [0, 0.05) is 16.5 Å². The van der Waals surface area contributed by atoms with Gasteiger partial charge in [-0.05, 0) is 48.9 Å². The maximum absolute atomic E-state index is 13.3. The number of thioether (sulfide) groups is 1. The minimum atomic E-state index is -3.93. The molecule has 3 heterocycles. The van der Waals surface area contributed by atoms with E-state index in [0.29, 0.717) is 15.3 Å². The highest BCUT2D eigenvalue weighted by Gasteiger charge is 2.58. The number of hydrogen-bond acceptors (Lipinski definition) is 11. The first-order chi connectivity index (χ1) is 19.8. The summed E-state index contributed by atoms with van der Waals surface area (Å²) in [7, 11) is -3.93. The third-order valence-corrected chi connectivity index (χ3v) is 10.2. The third kappa shape index (κ3) is 5.15. The van der Waals surface area contributed by atoms with Crippen LogP contribution in [0.2, 0.25) is 0 Å². The van der Waals surface area contributed by atoms with E-state index >= 15 is 0 Å². The van der Waals surface area contributed by atoms with Gasteiger partial charge in [0.05, 0.1) is 22.4 Å². The van der Waals surface area contributed by atoms with Crippen LogP contribution in [-0.2, 0) is 31.0 Å². The monoisotopic (exact) mass is 633 g/mol. The molecular weight excluding hydrogens is 611 g/mol. The van der Waals surface area contributed by atoms with E-state index in [0.717, 1.165) is 27.7 Å². The predicted molar refractivity (Wildman–Crippen MR) is 151 cm³/mol. The molecule has 0 radical (unpaired) electrons. The number of phenolic OH excluding ortho intramolecular Hbond substituents is 1. The molecule has 3 atom stereocenters. The van der Waals surface area contributed by atoms with Crippen molar-refractivity contribution in [2.24, 2.45) is 16.8 Å². The van der Waals surface area contributed by atoms with Crippen LogP contribution in [0.25, 0.3) is 0 Å². The first-order valence-corrected chi connectivity index (χ1v) is 15.5. The summed E-state index contributed by atoms with van der Waals surface area (Å²) in [6, 6.07) is 8.25. The number of primary amides is 1. The zero-order valence-electron chi connectivity index (χ0n) is 21.7. The van der Waals surface area contributed by atoms with Crippen LogP contribution >= 0.6 is 23.1 Å². The highest BCUT2D eigenvalue weighted by molar-refractivity contribution is 8.00. The maximum Gasteiger partial charge on any atom is 0.328 e. The number of imide groups is 3. The summed E-state index contributed by atoms with van der Waals surface area (Å²) in [4.78, 5) is 64.8. The molecular formula is C25H23N5O9S3. The molecule has 2 aliphatic rings. The zero-order chi connectivity index (χ0) is 30.5. The van der Waals surface area contributed by atoms with Crippen LogP contribution in [0.3, 0.4) is 0 Å². The molecule has 1 fully saturated rings. The van der Waals surface area contributed by atoms with Crippen molar-refractivity contribution in [2.75, 3.05) is 11.9 Å². The minimum absolute atomic E-state index is 0.120. The Labute approximate surface area is 246 Å². The third-order valence-electron chi connectivity index (χ3n) is 6.68. The summed E-state index contributed by atoms with van der Waals surface area (Å²) in [5.74, 6) is -4.33. The van der Waals surface area contributed by atoms with E-state index in [-0.39, 0.29) is 33.7 Å². The Kier molecular flexibility index (Phi) is 7.61. The Hall–Kier alpha value is -4.19. The average molecular weight is 634 g/mol. The molecule has 3 unspecified atom stereocenters. The zero-order valence-corrected chi connectivity index (χ0v) is 24.1.